The maximum absolute atomic E-state index is 14.1. The Balaban J connectivity index is 1.76. The van der Waals surface area contributed by atoms with Gasteiger partial charge < -0.3 is 0 Å². The molecule has 3 aromatic carbocycles. The Hall–Kier alpha value is -2.92. The van der Waals surface area contributed by atoms with E-state index < -0.39 is 0 Å². The summed E-state index contributed by atoms with van der Waals surface area (Å²) in [4.78, 5) is 0. The first-order valence-corrected chi connectivity index (χ1v) is 8.14. The number of nitrogens with zero attached hydrogens (tertiary/aromatic N) is 1. The third-order valence-electron chi connectivity index (χ3n) is 4.78. The highest BCUT2D eigenvalue weighted by atomic mass is 19.1. The van der Waals surface area contributed by atoms with E-state index in [9.17, 15) is 4.39 Å². The van der Waals surface area contributed by atoms with E-state index in [4.69, 9.17) is 5.26 Å². The number of benzene rings is 3. The van der Waals surface area contributed by atoms with Crippen molar-refractivity contribution in [2.45, 2.75) is 19.8 Å². The van der Waals surface area contributed by atoms with Gasteiger partial charge in [0.05, 0.1) is 11.6 Å². The lowest BCUT2D eigenvalue weighted by atomic mass is 9.98. The summed E-state index contributed by atoms with van der Waals surface area (Å²) in [5.41, 5.74) is 8.26. The molecule has 3 aromatic rings. The molecule has 0 saturated carbocycles. The van der Waals surface area contributed by atoms with Crippen LogP contribution in [0.4, 0.5) is 4.39 Å². The standard InChI is InChI=1S/C22H16FN/c1-2-15-9-19-11-18-10-17(16-5-3-14(13-24)4-6-16)7-8-20(18)21(19)12-22(15)23/h3-10,12H,2,11H2,1H3. The zero-order chi connectivity index (χ0) is 16.7. The largest absolute Gasteiger partial charge is 0.207 e. The lowest BCUT2D eigenvalue weighted by Gasteiger charge is -2.07. The van der Waals surface area contributed by atoms with Crippen LogP contribution >= 0.6 is 0 Å². The van der Waals surface area contributed by atoms with Crippen LogP contribution in [-0.4, -0.2) is 0 Å². The molecule has 0 fully saturated rings. The second kappa shape index (κ2) is 5.62. The first-order valence-electron chi connectivity index (χ1n) is 8.14. The highest BCUT2D eigenvalue weighted by molar-refractivity contribution is 5.80. The summed E-state index contributed by atoms with van der Waals surface area (Å²) < 4.78 is 14.1. The van der Waals surface area contributed by atoms with Gasteiger partial charge in [0.2, 0.25) is 0 Å². The molecule has 0 atom stereocenters. The molecule has 0 unspecified atom stereocenters. The molecule has 0 heterocycles. The first-order chi connectivity index (χ1) is 11.7. The third kappa shape index (κ3) is 2.30. The molecule has 0 spiro atoms. The van der Waals surface area contributed by atoms with Crippen LogP contribution in [0.2, 0.25) is 0 Å². The molecule has 2 heteroatoms. The predicted octanol–water partition coefficient (Wildman–Crippen LogP) is 5.50. The minimum absolute atomic E-state index is 0.111. The van der Waals surface area contributed by atoms with Crippen molar-refractivity contribution in [1.29, 1.82) is 5.26 Å². The second-order valence-corrected chi connectivity index (χ2v) is 6.19. The van der Waals surface area contributed by atoms with Gasteiger partial charge >= 0.3 is 0 Å². The van der Waals surface area contributed by atoms with Crippen molar-refractivity contribution in [3.8, 4) is 28.3 Å². The summed E-state index contributed by atoms with van der Waals surface area (Å²) in [6, 6.07) is 19.8. The van der Waals surface area contributed by atoms with Crippen LogP contribution in [0.5, 0.6) is 0 Å². The molecule has 0 amide bonds. The lowest BCUT2D eigenvalue weighted by molar-refractivity contribution is 0.612. The van der Waals surface area contributed by atoms with E-state index in [1.165, 1.54) is 11.1 Å². The van der Waals surface area contributed by atoms with Crippen LogP contribution in [0.1, 0.15) is 29.2 Å². The minimum Gasteiger partial charge on any atom is -0.207 e. The highest BCUT2D eigenvalue weighted by Crippen LogP contribution is 2.39. The topological polar surface area (TPSA) is 23.8 Å². The number of fused-ring (bicyclic) bond motifs is 3. The molecule has 0 aliphatic heterocycles. The second-order valence-electron chi connectivity index (χ2n) is 6.19. The van der Waals surface area contributed by atoms with Crippen LogP contribution in [0.25, 0.3) is 22.3 Å². The highest BCUT2D eigenvalue weighted by Gasteiger charge is 2.21. The number of nitriles is 1. The van der Waals surface area contributed by atoms with E-state index in [1.54, 1.807) is 6.07 Å². The SMILES string of the molecule is CCc1cc2c(cc1F)-c1ccc(-c3ccc(C#N)cc3)cc1C2. The fourth-order valence-corrected chi connectivity index (χ4v) is 3.46. The van der Waals surface area contributed by atoms with Gasteiger partial charge in [0, 0.05) is 0 Å². The van der Waals surface area contributed by atoms with Crippen LogP contribution in [0.3, 0.4) is 0 Å². The van der Waals surface area contributed by atoms with Gasteiger partial charge in [-0.1, -0.05) is 43.3 Å². The predicted molar refractivity (Wildman–Crippen MR) is 94.2 cm³/mol. The van der Waals surface area contributed by atoms with E-state index in [-0.39, 0.29) is 5.82 Å². The minimum atomic E-state index is -0.111. The maximum Gasteiger partial charge on any atom is 0.127 e. The van der Waals surface area contributed by atoms with Crippen LogP contribution in [0, 0.1) is 17.1 Å². The number of aryl methyl sites for hydroxylation is 1. The van der Waals surface area contributed by atoms with E-state index in [0.29, 0.717) is 12.0 Å². The summed E-state index contributed by atoms with van der Waals surface area (Å²) in [6.07, 6.45) is 1.56. The molecule has 1 aliphatic carbocycles. The average molecular weight is 313 g/mol. The van der Waals surface area contributed by atoms with Gasteiger partial charge in [-0.25, -0.2) is 4.39 Å². The normalized spacial score (nSPS) is 11.7. The summed E-state index contributed by atoms with van der Waals surface area (Å²) in [6.45, 7) is 1.98. The summed E-state index contributed by atoms with van der Waals surface area (Å²) in [7, 11) is 0. The number of rotatable bonds is 2. The van der Waals surface area contributed by atoms with Gasteiger partial charge in [-0.15, -0.1) is 0 Å². The van der Waals surface area contributed by atoms with E-state index in [0.717, 1.165) is 34.2 Å². The lowest BCUT2D eigenvalue weighted by Crippen LogP contribution is -1.91. The quantitative estimate of drug-likeness (QED) is 0.479. The molecule has 0 bridgehead atoms. The molecular weight excluding hydrogens is 297 g/mol. The van der Waals surface area contributed by atoms with E-state index >= 15 is 0 Å². The summed E-state index contributed by atoms with van der Waals surface area (Å²) in [5.74, 6) is -0.111. The monoisotopic (exact) mass is 313 g/mol. The Morgan fingerprint density at radius 1 is 0.917 bits per heavy atom. The molecule has 24 heavy (non-hydrogen) atoms. The Bertz CT molecular complexity index is 978. The average Bonchev–Trinajstić information content (AvgIpc) is 2.97. The zero-order valence-electron chi connectivity index (χ0n) is 13.4. The van der Waals surface area contributed by atoms with Crippen LogP contribution < -0.4 is 0 Å². The van der Waals surface area contributed by atoms with Gasteiger partial charge in [0.25, 0.3) is 0 Å². The first kappa shape index (κ1) is 14.7. The number of hydrogen-bond donors (Lipinski definition) is 0. The van der Waals surface area contributed by atoms with E-state index in [1.807, 2.05) is 37.3 Å². The fraction of sp³-hybridized carbons (Fsp3) is 0.136. The van der Waals surface area contributed by atoms with Gasteiger partial charge in [-0.3, -0.25) is 0 Å². The summed E-state index contributed by atoms with van der Waals surface area (Å²) in [5, 5.41) is 8.91. The maximum atomic E-state index is 14.1. The fourth-order valence-electron chi connectivity index (χ4n) is 3.46. The van der Waals surface area contributed by atoms with Gasteiger partial charge in [-0.05, 0) is 70.0 Å². The molecule has 1 nitrogen and oxygen atoms in total. The zero-order valence-corrected chi connectivity index (χ0v) is 13.4. The number of halogens is 1. The summed E-state index contributed by atoms with van der Waals surface area (Å²) >= 11 is 0. The van der Waals surface area contributed by atoms with Crippen molar-refractivity contribution >= 4 is 0 Å². The molecule has 1 aliphatic rings. The van der Waals surface area contributed by atoms with Crippen molar-refractivity contribution in [3.63, 3.8) is 0 Å². The van der Waals surface area contributed by atoms with Gasteiger partial charge in [0.15, 0.2) is 0 Å². The van der Waals surface area contributed by atoms with Crippen molar-refractivity contribution < 1.29 is 4.39 Å². The van der Waals surface area contributed by atoms with Crippen molar-refractivity contribution in [3.05, 3.63) is 82.7 Å². The molecule has 0 saturated heterocycles. The van der Waals surface area contributed by atoms with Crippen molar-refractivity contribution in [2.24, 2.45) is 0 Å². The molecular formula is C22H16FN. The van der Waals surface area contributed by atoms with E-state index in [2.05, 4.69) is 24.3 Å². The Kier molecular flexibility index (Phi) is 3.43. The van der Waals surface area contributed by atoms with Crippen molar-refractivity contribution in [1.82, 2.24) is 0 Å². The van der Waals surface area contributed by atoms with Crippen molar-refractivity contribution in [2.75, 3.05) is 0 Å². The van der Waals surface area contributed by atoms with Crippen LogP contribution in [0.15, 0.2) is 54.6 Å². The third-order valence-corrected chi connectivity index (χ3v) is 4.78. The Morgan fingerprint density at radius 3 is 2.33 bits per heavy atom. The van der Waals surface area contributed by atoms with Gasteiger partial charge in [0.1, 0.15) is 5.82 Å². The molecule has 4 rings (SSSR count). The Morgan fingerprint density at radius 2 is 1.62 bits per heavy atom. The number of hydrogen-bond acceptors (Lipinski definition) is 1. The molecule has 116 valence electrons. The Labute approximate surface area is 141 Å². The molecule has 0 aromatic heterocycles. The van der Waals surface area contributed by atoms with Crippen LogP contribution in [-0.2, 0) is 12.8 Å². The smallest absolute Gasteiger partial charge is 0.127 e. The molecule has 0 N–H and O–H groups in total. The molecule has 0 radical (unpaired) electrons. The van der Waals surface area contributed by atoms with Gasteiger partial charge in [-0.2, -0.15) is 5.26 Å².